The lowest BCUT2D eigenvalue weighted by atomic mass is 10.2. The molecule has 1 aromatic carbocycles. The smallest absolute Gasteiger partial charge is 0.250 e. The summed E-state index contributed by atoms with van der Waals surface area (Å²) < 4.78 is 27.4. The fourth-order valence-corrected chi connectivity index (χ4v) is 3.38. The molecule has 0 unspecified atom stereocenters. The Morgan fingerprint density at radius 2 is 2.09 bits per heavy atom. The first-order chi connectivity index (χ1) is 10.4. The van der Waals surface area contributed by atoms with E-state index in [0.717, 1.165) is 12.0 Å². The number of nitrogens with one attached hydrogen (secondary N) is 1. The molecule has 1 heterocycles. The topological polar surface area (TPSA) is 76.9 Å². The predicted octanol–water partition coefficient (Wildman–Crippen LogP) is 3.18. The molecule has 0 saturated heterocycles. The van der Waals surface area contributed by atoms with Crippen molar-refractivity contribution in [2.75, 3.05) is 10.5 Å². The second-order valence-corrected chi connectivity index (χ2v) is 7.46. The van der Waals surface area contributed by atoms with Gasteiger partial charge in [0.05, 0.1) is 12.3 Å². The minimum Gasteiger partial charge on any atom is -0.250 e. The lowest BCUT2D eigenvalue weighted by Crippen LogP contribution is -2.17. The van der Waals surface area contributed by atoms with Gasteiger partial charge in [-0.25, -0.2) is 17.8 Å². The van der Waals surface area contributed by atoms with Gasteiger partial charge in [-0.3, -0.25) is 0 Å². The fourth-order valence-electron chi connectivity index (χ4n) is 1.77. The molecule has 0 atom stereocenters. The van der Waals surface area contributed by atoms with Gasteiger partial charge >= 0.3 is 0 Å². The number of nitrogens with zero attached hydrogens (tertiary/aromatic N) is 3. The summed E-state index contributed by atoms with van der Waals surface area (Å²) in [6.07, 6.45) is 2.84. The second-order valence-electron chi connectivity index (χ2n) is 4.78. The molecule has 0 aliphatic carbocycles. The molecule has 2 aromatic rings. The van der Waals surface area contributed by atoms with Gasteiger partial charge in [0.1, 0.15) is 6.33 Å². The van der Waals surface area contributed by atoms with E-state index in [1.165, 1.54) is 11.0 Å². The molecule has 0 radical (unpaired) electrons. The van der Waals surface area contributed by atoms with E-state index in [-0.39, 0.29) is 11.7 Å². The van der Waals surface area contributed by atoms with Crippen molar-refractivity contribution in [1.82, 2.24) is 14.8 Å². The molecule has 6 nitrogen and oxygen atoms in total. The first-order valence-electron chi connectivity index (χ1n) is 6.73. The Morgan fingerprint density at radius 3 is 2.77 bits per heavy atom. The van der Waals surface area contributed by atoms with Crippen LogP contribution in [0.5, 0.6) is 0 Å². The number of halogens is 2. The molecular weight excluding hydrogens is 347 g/mol. The summed E-state index contributed by atoms with van der Waals surface area (Å²) in [4.78, 5) is 3.95. The summed E-state index contributed by atoms with van der Waals surface area (Å²) in [5.74, 6) is 0.113. The van der Waals surface area contributed by atoms with E-state index < -0.39 is 10.0 Å². The first kappa shape index (κ1) is 17.1. The van der Waals surface area contributed by atoms with Crippen molar-refractivity contribution in [2.45, 2.75) is 26.3 Å². The van der Waals surface area contributed by atoms with Crippen LogP contribution in [0.25, 0.3) is 0 Å². The zero-order valence-electron chi connectivity index (χ0n) is 12.0. The minimum absolute atomic E-state index is 0.0566. The molecule has 0 saturated carbocycles. The molecule has 1 aromatic heterocycles. The number of aromatic nitrogens is 3. The monoisotopic (exact) mass is 362 g/mol. The molecule has 0 spiro atoms. The zero-order chi connectivity index (χ0) is 16.2. The third-order valence-corrected chi connectivity index (χ3v) is 4.80. The van der Waals surface area contributed by atoms with E-state index in [9.17, 15) is 8.42 Å². The quantitative estimate of drug-likeness (QED) is 0.820. The van der Waals surface area contributed by atoms with E-state index in [4.69, 9.17) is 23.2 Å². The lowest BCUT2D eigenvalue weighted by Gasteiger charge is -2.05. The van der Waals surface area contributed by atoms with Gasteiger partial charge in [0.15, 0.2) is 0 Å². The van der Waals surface area contributed by atoms with E-state index >= 15 is 0 Å². The number of hydrogen-bond donors (Lipinski definition) is 1. The van der Waals surface area contributed by atoms with Crippen molar-refractivity contribution in [3.05, 3.63) is 40.1 Å². The van der Waals surface area contributed by atoms with Gasteiger partial charge in [0, 0.05) is 10.0 Å². The predicted molar refractivity (Wildman–Crippen MR) is 87.9 cm³/mol. The fraction of sp³-hybridized carbons (Fsp3) is 0.385. The zero-order valence-corrected chi connectivity index (χ0v) is 14.3. The molecule has 0 fully saturated rings. The number of sulfonamides is 1. The van der Waals surface area contributed by atoms with Gasteiger partial charge in [-0.05, 0) is 24.1 Å². The molecule has 0 aliphatic heterocycles. The van der Waals surface area contributed by atoms with Crippen LogP contribution in [0.1, 0.15) is 25.3 Å². The molecule has 120 valence electrons. The normalized spacial score (nSPS) is 11.6. The van der Waals surface area contributed by atoms with Gasteiger partial charge in [-0.2, -0.15) is 4.98 Å². The van der Waals surface area contributed by atoms with Crippen LogP contribution in [-0.4, -0.2) is 28.9 Å². The number of benzene rings is 1. The molecule has 0 aliphatic rings. The van der Waals surface area contributed by atoms with Crippen LogP contribution in [0, 0.1) is 0 Å². The van der Waals surface area contributed by atoms with Crippen molar-refractivity contribution in [3.8, 4) is 0 Å². The summed E-state index contributed by atoms with van der Waals surface area (Å²) in [5.41, 5.74) is 0.816. The summed E-state index contributed by atoms with van der Waals surface area (Å²) in [6, 6.07) is 5.16. The molecular formula is C13H16Cl2N4O2S. The summed E-state index contributed by atoms with van der Waals surface area (Å²) in [7, 11) is -3.40. The average molecular weight is 363 g/mol. The largest absolute Gasteiger partial charge is 0.255 e. The van der Waals surface area contributed by atoms with Crippen LogP contribution in [0.3, 0.4) is 0 Å². The molecule has 22 heavy (non-hydrogen) atoms. The minimum atomic E-state index is -3.40. The number of anilines is 1. The van der Waals surface area contributed by atoms with Crippen LogP contribution in [0.4, 0.5) is 5.95 Å². The van der Waals surface area contributed by atoms with Crippen molar-refractivity contribution < 1.29 is 8.42 Å². The van der Waals surface area contributed by atoms with E-state index in [2.05, 4.69) is 14.8 Å². The van der Waals surface area contributed by atoms with Crippen LogP contribution < -0.4 is 4.72 Å². The number of rotatable bonds is 7. The first-order valence-corrected chi connectivity index (χ1v) is 9.14. The maximum absolute atomic E-state index is 11.8. The highest BCUT2D eigenvalue weighted by Gasteiger charge is 2.13. The van der Waals surface area contributed by atoms with Crippen molar-refractivity contribution in [2.24, 2.45) is 0 Å². The molecule has 0 amide bonds. The third kappa shape index (κ3) is 4.86. The number of unbranched alkanes of at least 4 members (excludes halogenated alkanes) is 1. The molecule has 9 heteroatoms. The SMILES string of the molecule is CCCCS(=O)(=O)Nc1ncn(Cc2ccc(Cl)cc2Cl)n1. The van der Waals surface area contributed by atoms with Crippen LogP contribution in [0.15, 0.2) is 24.5 Å². The van der Waals surface area contributed by atoms with Crippen molar-refractivity contribution >= 4 is 39.2 Å². The van der Waals surface area contributed by atoms with Crippen molar-refractivity contribution in [3.63, 3.8) is 0 Å². The molecule has 1 N–H and O–H groups in total. The Hall–Kier alpha value is -1.31. The molecule has 2 rings (SSSR count). The summed E-state index contributed by atoms with van der Waals surface area (Å²) in [6.45, 7) is 2.30. The maximum Gasteiger partial charge on any atom is 0.255 e. The van der Waals surface area contributed by atoms with Gasteiger partial charge in [-0.1, -0.05) is 42.6 Å². The van der Waals surface area contributed by atoms with Crippen LogP contribution in [0.2, 0.25) is 10.0 Å². The second kappa shape index (κ2) is 7.30. The molecule has 0 bridgehead atoms. The highest BCUT2D eigenvalue weighted by molar-refractivity contribution is 7.92. The Labute approximate surface area is 139 Å². The number of hydrogen-bond acceptors (Lipinski definition) is 4. The van der Waals surface area contributed by atoms with Crippen LogP contribution >= 0.6 is 23.2 Å². The highest BCUT2D eigenvalue weighted by Crippen LogP contribution is 2.21. The van der Waals surface area contributed by atoms with Crippen LogP contribution in [-0.2, 0) is 16.6 Å². The highest BCUT2D eigenvalue weighted by atomic mass is 35.5. The Balaban J connectivity index is 2.05. The van der Waals surface area contributed by atoms with E-state index in [1.807, 2.05) is 6.92 Å². The summed E-state index contributed by atoms with van der Waals surface area (Å²) >= 11 is 11.9. The Morgan fingerprint density at radius 1 is 1.32 bits per heavy atom. The van der Waals surface area contributed by atoms with Gasteiger partial charge in [-0.15, -0.1) is 5.10 Å². The van der Waals surface area contributed by atoms with Gasteiger partial charge in [0.25, 0.3) is 5.95 Å². The van der Waals surface area contributed by atoms with Gasteiger partial charge < -0.3 is 0 Å². The lowest BCUT2D eigenvalue weighted by molar-refractivity contribution is 0.597. The van der Waals surface area contributed by atoms with Gasteiger partial charge in [0.2, 0.25) is 10.0 Å². The third-order valence-electron chi connectivity index (χ3n) is 2.90. The Kier molecular flexibility index (Phi) is 5.66. The Bertz CT molecular complexity index is 746. The maximum atomic E-state index is 11.8. The average Bonchev–Trinajstić information content (AvgIpc) is 2.86. The van der Waals surface area contributed by atoms with E-state index in [1.54, 1.807) is 18.2 Å². The standard InChI is InChI=1S/C13H16Cl2N4O2S/c1-2-3-6-22(20,21)18-13-16-9-19(17-13)8-10-4-5-11(14)7-12(10)15/h4-5,7,9H,2-3,6,8H2,1H3,(H,17,18). The summed E-state index contributed by atoms with van der Waals surface area (Å²) in [5, 5.41) is 5.16. The van der Waals surface area contributed by atoms with E-state index in [0.29, 0.717) is 23.0 Å². The van der Waals surface area contributed by atoms with Crippen molar-refractivity contribution in [1.29, 1.82) is 0 Å².